The van der Waals surface area contributed by atoms with Gasteiger partial charge in [0.1, 0.15) is 5.82 Å². The SMILES string of the molecule is Cc1cc(C)cc(NS(=O)(=O)C2NNCC2C(=O)Nc2ccc(C)c(F)c2)c1. The highest BCUT2D eigenvalue weighted by Gasteiger charge is 2.42. The van der Waals surface area contributed by atoms with E-state index in [1.165, 1.54) is 6.07 Å². The number of hydrazine groups is 1. The third-order valence-electron chi connectivity index (χ3n) is 4.52. The summed E-state index contributed by atoms with van der Waals surface area (Å²) in [6.45, 7) is 5.49. The number of anilines is 2. The molecule has 1 fully saturated rings. The van der Waals surface area contributed by atoms with Crippen LogP contribution in [-0.2, 0) is 14.8 Å². The summed E-state index contributed by atoms with van der Waals surface area (Å²) in [5.74, 6) is -1.86. The molecule has 2 aromatic rings. The second-order valence-electron chi connectivity index (χ2n) is 7.03. The summed E-state index contributed by atoms with van der Waals surface area (Å²) in [5, 5.41) is 1.41. The second kappa shape index (κ2) is 7.86. The van der Waals surface area contributed by atoms with Crippen LogP contribution in [0.2, 0.25) is 0 Å². The lowest BCUT2D eigenvalue weighted by atomic mass is 10.1. The Balaban J connectivity index is 1.76. The highest BCUT2D eigenvalue weighted by molar-refractivity contribution is 7.93. The summed E-state index contributed by atoms with van der Waals surface area (Å²) in [4.78, 5) is 12.6. The van der Waals surface area contributed by atoms with Gasteiger partial charge < -0.3 is 5.32 Å². The largest absolute Gasteiger partial charge is 0.326 e. The van der Waals surface area contributed by atoms with Gasteiger partial charge in [-0.15, -0.1) is 0 Å². The van der Waals surface area contributed by atoms with E-state index in [0.29, 0.717) is 11.3 Å². The monoisotopic (exact) mass is 406 g/mol. The number of halogens is 1. The van der Waals surface area contributed by atoms with Crippen molar-refractivity contribution in [2.45, 2.75) is 26.1 Å². The van der Waals surface area contributed by atoms with E-state index in [1.54, 1.807) is 31.2 Å². The van der Waals surface area contributed by atoms with E-state index < -0.39 is 33.0 Å². The molecule has 1 heterocycles. The van der Waals surface area contributed by atoms with Crippen LogP contribution >= 0.6 is 0 Å². The van der Waals surface area contributed by atoms with Crippen molar-refractivity contribution in [3.63, 3.8) is 0 Å². The first kappa shape index (κ1) is 20.2. The van der Waals surface area contributed by atoms with Gasteiger partial charge in [0.2, 0.25) is 5.91 Å². The van der Waals surface area contributed by atoms with Crippen LogP contribution in [0.4, 0.5) is 15.8 Å². The molecule has 1 saturated heterocycles. The maximum absolute atomic E-state index is 13.7. The molecule has 4 N–H and O–H groups in total. The Morgan fingerprint density at radius 1 is 1.07 bits per heavy atom. The zero-order chi connectivity index (χ0) is 20.5. The predicted octanol–water partition coefficient (Wildman–Crippen LogP) is 2.18. The van der Waals surface area contributed by atoms with Crippen LogP contribution in [0.5, 0.6) is 0 Å². The Morgan fingerprint density at radius 2 is 1.75 bits per heavy atom. The summed E-state index contributed by atoms with van der Waals surface area (Å²) in [6.07, 6.45) is 0. The molecule has 0 bridgehead atoms. The van der Waals surface area contributed by atoms with Crippen molar-refractivity contribution in [3.8, 4) is 0 Å². The van der Waals surface area contributed by atoms with Gasteiger partial charge in [-0.05, 0) is 61.7 Å². The van der Waals surface area contributed by atoms with Gasteiger partial charge in [0.05, 0.1) is 5.92 Å². The standard InChI is InChI=1S/C19H23FN4O3S/c1-11-6-12(2)8-15(7-11)24-28(26,27)19-16(10-21-23-19)18(25)22-14-5-4-13(3)17(20)9-14/h4-9,16,19,21,23-24H,10H2,1-3H3,(H,22,25). The van der Waals surface area contributed by atoms with Crippen LogP contribution in [0.25, 0.3) is 0 Å². The summed E-state index contributed by atoms with van der Waals surface area (Å²) >= 11 is 0. The van der Waals surface area contributed by atoms with E-state index in [2.05, 4.69) is 20.9 Å². The zero-order valence-corrected chi connectivity index (χ0v) is 16.7. The van der Waals surface area contributed by atoms with Gasteiger partial charge in [-0.1, -0.05) is 12.1 Å². The number of sulfonamides is 1. The molecule has 1 aliphatic rings. The average molecular weight is 406 g/mol. The van der Waals surface area contributed by atoms with Crippen molar-refractivity contribution in [2.75, 3.05) is 16.6 Å². The van der Waals surface area contributed by atoms with Gasteiger partial charge in [0, 0.05) is 17.9 Å². The first-order chi connectivity index (χ1) is 13.2. The molecule has 2 atom stereocenters. The molecule has 9 heteroatoms. The van der Waals surface area contributed by atoms with Gasteiger partial charge >= 0.3 is 0 Å². The Bertz CT molecular complexity index is 990. The summed E-state index contributed by atoms with van der Waals surface area (Å²) < 4.78 is 41.9. The van der Waals surface area contributed by atoms with E-state index in [1.807, 2.05) is 19.9 Å². The Hall–Kier alpha value is -2.49. The van der Waals surface area contributed by atoms with Gasteiger partial charge in [-0.3, -0.25) is 14.9 Å². The number of aryl methyl sites for hydroxylation is 3. The first-order valence-corrected chi connectivity index (χ1v) is 10.4. The van der Waals surface area contributed by atoms with E-state index in [0.717, 1.165) is 11.1 Å². The topological polar surface area (TPSA) is 99.3 Å². The lowest BCUT2D eigenvalue weighted by Gasteiger charge is -2.20. The fraction of sp³-hybridized carbons (Fsp3) is 0.316. The molecule has 150 valence electrons. The quantitative estimate of drug-likeness (QED) is 0.610. The number of nitrogens with one attached hydrogen (secondary N) is 4. The smallest absolute Gasteiger partial charge is 0.250 e. The summed E-state index contributed by atoms with van der Waals surface area (Å²) in [5.41, 5.74) is 8.38. The van der Waals surface area contributed by atoms with Crippen molar-refractivity contribution >= 4 is 27.3 Å². The molecule has 0 aliphatic carbocycles. The zero-order valence-electron chi connectivity index (χ0n) is 15.8. The van der Waals surface area contributed by atoms with E-state index >= 15 is 0 Å². The Morgan fingerprint density at radius 3 is 2.39 bits per heavy atom. The first-order valence-electron chi connectivity index (χ1n) is 8.81. The minimum atomic E-state index is -3.91. The van der Waals surface area contributed by atoms with Crippen molar-refractivity contribution in [1.29, 1.82) is 0 Å². The molecule has 0 aromatic heterocycles. The van der Waals surface area contributed by atoms with Crippen LogP contribution < -0.4 is 20.9 Å². The number of amides is 1. The molecule has 2 unspecified atom stereocenters. The second-order valence-corrected chi connectivity index (χ2v) is 8.83. The highest BCUT2D eigenvalue weighted by atomic mass is 32.2. The van der Waals surface area contributed by atoms with E-state index in [4.69, 9.17) is 0 Å². The highest BCUT2D eigenvalue weighted by Crippen LogP contribution is 2.22. The van der Waals surface area contributed by atoms with Crippen LogP contribution in [0.3, 0.4) is 0 Å². The molecule has 0 radical (unpaired) electrons. The van der Waals surface area contributed by atoms with Crippen LogP contribution in [-0.4, -0.2) is 26.2 Å². The molecule has 2 aromatic carbocycles. The molecule has 1 aliphatic heterocycles. The maximum Gasteiger partial charge on any atom is 0.250 e. The number of benzene rings is 2. The lowest BCUT2D eigenvalue weighted by Crippen LogP contribution is -2.45. The molecule has 1 amide bonds. The predicted molar refractivity (Wildman–Crippen MR) is 107 cm³/mol. The number of carbonyl (C=O) groups is 1. The Kier molecular flexibility index (Phi) is 5.69. The van der Waals surface area contributed by atoms with E-state index in [9.17, 15) is 17.6 Å². The van der Waals surface area contributed by atoms with Crippen molar-refractivity contribution in [1.82, 2.24) is 10.9 Å². The third kappa shape index (κ3) is 4.49. The lowest BCUT2D eigenvalue weighted by molar-refractivity contribution is -0.119. The molecule has 0 saturated carbocycles. The molecular weight excluding hydrogens is 383 g/mol. The van der Waals surface area contributed by atoms with Gasteiger partial charge in [-0.2, -0.15) is 0 Å². The normalized spacial score (nSPS) is 19.4. The van der Waals surface area contributed by atoms with Crippen molar-refractivity contribution in [2.24, 2.45) is 5.92 Å². The van der Waals surface area contributed by atoms with Crippen LogP contribution in [0, 0.1) is 32.5 Å². The third-order valence-corrected chi connectivity index (χ3v) is 6.16. The van der Waals surface area contributed by atoms with E-state index in [-0.39, 0.29) is 12.2 Å². The summed E-state index contributed by atoms with van der Waals surface area (Å²) in [7, 11) is -3.91. The van der Waals surface area contributed by atoms with Gasteiger partial charge in [-0.25, -0.2) is 18.2 Å². The van der Waals surface area contributed by atoms with Crippen LogP contribution in [0.1, 0.15) is 16.7 Å². The summed E-state index contributed by atoms with van der Waals surface area (Å²) in [6, 6.07) is 9.70. The van der Waals surface area contributed by atoms with Crippen molar-refractivity contribution in [3.05, 3.63) is 58.9 Å². The maximum atomic E-state index is 13.7. The average Bonchev–Trinajstić information content (AvgIpc) is 3.07. The molecular formula is C19H23FN4O3S. The number of carbonyl (C=O) groups excluding carboxylic acids is 1. The molecule has 3 rings (SSSR count). The van der Waals surface area contributed by atoms with Gasteiger partial charge in [0.15, 0.2) is 5.37 Å². The Labute approximate surface area is 163 Å². The molecule has 0 spiro atoms. The fourth-order valence-corrected chi connectivity index (χ4v) is 4.63. The van der Waals surface area contributed by atoms with Gasteiger partial charge in [0.25, 0.3) is 10.0 Å². The number of hydrogen-bond acceptors (Lipinski definition) is 5. The number of hydrogen-bond donors (Lipinski definition) is 4. The van der Waals surface area contributed by atoms with Crippen molar-refractivity contribution < 1.29 is 17.6 Å². The fourth-order valence-electron chi connectivity index (χ4n) is 3.17. The number of rotatable bonds is 5. The minimum Gasteiger partial charge on any atom is -0.326 e. The molecule has 28 heavy (non-hydrogen) atoms. The minimum absolute atomic E-state index is 0.124. The molecule has 7 nitrogen and oxygen atoms in total. The van der Waals surface area contributed by atoms with Crippen LogP contribution in [0.15, 0.2) is 36.4 Å².